The lowest BCUT2D eigenvalue weighted by Gasteiger charge is -2.37. The second kappa shape index (κ2) is 6.21. The van der Waals surface area contributed by atoms with E-state index in [0.29, 0.717) is 5.92 Å². The molecule has 1 fully saturated rings. The fraction of sp³-hybridized carbons (Fsp3) is 0.368. The summed E-state index contributed by atoms with van der Waals surface area (Å²) >= 11 is 0. The molecule has 3 rings (SSSR count). The van der Waals surface area contributed by atoms with Gasteiger partial charge in [0.15, 0.2) is 0 Å². The number of rotatable bonds is 3. The van der Waals surface area contributed by atoms with Gasteiger partial charge in [-0.2, -0.15) is 0 Å². The zero-order valence-electron chi connectivity index (χ0n) is 13.0. The summed E-state index contributed by atoms with van der Waals surface area (Å²) in [6, 6.07) is 19.8. The summed E-state index contributed by atoms with van der Waals surface area (Å²) in [5.41, 5.74) is 4.11. The van der Waals surface area contributed by atoms with Gasteiger partial charge in [0.1, 0.15) is 0 Å². The molecule has 0 atom stereocenters. The minimum atomic E-state index is 0.606. The van der Waals surface area contributed by atoms with Crippen LogP contribution in [0.4, 0.5) is 11.4 Å². The number of para-hydroxylation sites is 1. The Labute approximate surface area is 128 Å². The molecular weight excluding hydrogens is 256 g/mol. The van der Waals surface area contributed by atoms with Gasteiger partial charge in [-0.3, -0.25) is 0 Å². The Morgan fingerprint density at radius 3 is 1.62 bits per heavy atom. The van der Waals surface area contributed by atoms with Gasteiger partial charge in [0, 0.05) is 37.6 Å². The number of benzene rings is 2. The van der Waals surface area contributed by atoms with Crippen molar-refractivity contribution in [3.63, 3.8) is 0 Å². The van der Waals surface area contributed by atoms with Crippen molar-refractivity contribution in [2.24, 2.45) is 0 Å². The average Bonchev–Trinajstić information content (AvgIpc) is 2.56. The molecule has 0 aliphatic carbocycles. The first-order chi connectivity index (χ1) is 10.2. The second-order valence-corrected chi connectivity index (χ2v) is 6.06. The monoisotopic (exact) mass is 280 g/mol. The minimum Gasteiger partial charge on any atom is -0.368 e. The highest BCUT2D eigenvalue weighted by atomic mass is 15.3. The third-order valence-corrected chi connectivity index (χ3v) is 4.33. The van der Waals surface area contributed by atoms with Crippen LogP contribution in [0.5, 0.6) is 0 Å². The predicted octanol–water partition coefficient (Wildman–Crippen LogP) is 4.14. The lowest BCUT2D eigenvalue weighted by Crippen LogP contribution is -2.46. The summed E-state index contributed by atoms with van der Waals surface area (Å²) in [6.07, 6.45) is 0. The van der Waals surface area contributed by atoms with Gasteiger partial charge in [-0.05, 0) is 35.7 Å². The third-order valence-electron chi connectivity index (χ3n) is 4.33. The fourth-order valence-corrected chi connectivity index (χ4v) is 2.93. The van der Waals surface area contributed by atoms with Crippen molar-refractivity contribution in [1.29, 1.82) is 0 Å². The van der Waals surface area contributed by atoms with Crippen LogP contribution < -0.4 is 9.80 Å². The Morgan fingerprint density at radius 1 is 0.667 bits per heavy atom. The van der Waals surface area contributed by atoms with E-state index in [1.807, 2.05) is 0 Å². The first-order valence-corrected chi connectivity index (χ1v) is 7.89. The molecule has 0 N–H and O–H groups in total. The highest BCUT2D eigenvalue weighted by Gasteiger charge is 2.17. The summed E-state index contributed by atoms with van der Waals surface area (Å²) < 4.78 is 0. The van der Waals surface area contributed by atoms with Crippen molar-refractivity contribution in [3.05, 3.63) is 60.2 Å². The van der Waals surface area contributed by atoms with E-state index in [1.54, 1.807) is 0 Å². The Balaban J connectivity index is 1.63. The van der Waals surface area contributed by atoms with Gasteiger partial charge in [-0.15, -0.1) is 0 Å². The average molecular weight is 280 g/mol. The molecule has 0 spiro atoms. The molecule has 2 nitrogen and oxygen atoms in total. The van der Waals surface area contributed by atoms with E-state index in [2.05, 4.69) is 78.2 Å². The van der Waals surface area contributed by atoms with Crippen LogP contribution in [0.3, 0.4) is 0 Å². The zero-order valence-corrected chi connectivity index (χ0v) is 13.0. The number of hydrogen-bond acceptors (Lipinski definition) is 2. The van der Waals surface area contributed by atoms with E-state index in [-0.39, 0.29) is 0 Å². The van der Waals surface area contributed by atoms with Gasteiger partial charge < -0.3 is 9.80 Å². The van der Waals surface area contributed by atoms with Crippen LogP contribution in [-0.4, -0.2) is 26.2 Å². The molecule has 1 aliphatic heterocycles. The van der Waals surface area contributed by atoms with E-state index in [1.165, 1.54) is 16.9 Å². The maximum absolute atomic E-state index is 2.49. The van der Waals surface area contributed by atoms with Gasteiger partial charge >= 0.3 is 0 Å². The number of nitrogens with zero attached hydrogens (tertiary/aromatic N) is 2. The molecule has 0 amide bonds. The summed E-state index contributed by atoms with van der Waals surface area (Å²) in [7, 11) is 0. The van der Waals surface area contributed by atoms with Gasteiger partial charge in [0.25, 0.3) is 0 Å². The quantitative estimate of drug-likeness (QED) is 0.834. The molecule has 2 heteroatoms. The van der Waals surface area contributed by atoms with Crippen LogP contribution in [0.2, 0.25) is 0 Å². The van der Waals surface area contributed by atoms with Crippen LogP contribution in [0.15, 0.2) is 54.6 Å². The molecule has 1 heterocycles. The first kappa shape index (κ1) is 14.0. The molecule has 0 saturated carbocycles. The Kier molecular flexibility index (Phi) is 4.14. The highest BCUT2D eigenvalue weighted by Crippen LogP contribution is 2.22. The number of hydrogen-bond donors (Lipinski definition) is 0. The summed E-state index contributed by atoms with van der Waals surface area (Å²) in [5.74, 6) is 0.606. The maximum Gasteiger partial charge on any atom is 0.0367 e. The van der Waals surface area contributed by atoms with Gasteiger partial charge in [0.2, 0.25) is 0 Å². The van der Waals surface area contributed by atoms with Crippen molar-refractivity contribution in [2.45, 2.75) is 19.8 Å². The molecule has 2 aromatic rings. The van der Waals surface area contributed by atoms with E-state index in [4.69, 9.17) is 0 Å². The molecule has 0 aromatic heterocycles. The van der Waals surface area contributed by atoms with Crippen molar-refractivity contribution < 1.29 is 0 Å². The van der Waals surface area contributed by atoms with E-state index in [9.17, 15) is 0 Å². The predicted molar refractivity (Wildman–Crippen MR) is 91.4 cm³/mol. The number of anilines is 2. The van der Waals surface area contributed by atoms with Crippen molar-refractivity contribution in [1.82, 2.24) is 0 Å². The van der Waals surface area contributed by atoms with E-state index in [0.717, 1.165) is 26.2 Å². The molecule has 1 aliphatic rings. The molecule has 0 bridgehead atoms. The summed E-state index contributed by atoms with van der Waals surface area (Å²) in [5, 5.41) is 0. The highest BCUT2D eigenvalue weighted by molar-refractivity contribution is 5.52. The fourth-order valence-electron chi connectivity index (χ4n) is 2.93. The maximum atomic E-state index is 2.49. The molecule has 110 valence electrons. The Bertz CT molecular complexity index is 552. The van der Waals surface area contributed by atoms with Gasteiger partial charge in [-0.1, -0.05) is 44.2 Å². The third kappa shape index (κ3) is 3.21. The van der Waals surface area contributed by atoms with Crippen LogP contribution in [-0.2, 0) is 0 Å². The Hall–Kier alpha value is -1.96. The lowest BCUT2D eigenvalue weighted by atomic mass is 10.0. The van der Waals surface area contributed by atoms with E-state index < -0.39 is 0 Å². The molecule has 0 unspecified atom stereocenters. The minimum absolute atomic E-state index is 0.606. The van der Waals surface area contributed by atoms with Crippen LogP contribution >= 0.6 is 0 Å². The van der Waals surface area contributed by atoms with Crippen LogP contribution in [0.1, 0.15) is 25.3 Å². The summed E-state index contributed by atoms with van der Waals surface area (Å²) in [4.78, 5) is 4.96. The largest absolute Gasteiger partial charge is 0.368 e. The van der Waals surface area contributed by atoms with E-state index >= 15 is 0 Å². The first-order valence-electron chi connectivity index (χ1n) is 7.89. The van der Waals surface area contributed by atoms with Gasteiger partial charge in [-0.25, -0.2) is 0 Å². The smallest absolute Gasteiger partial charge is 0.0367 e. The molecule has 0 radical (unpaired) electrons. The zero-order chi connectivity index (χ0) is 14.7. The molecule has 2 aromatic carbocycles. The normalized spacial score (nSPS) is 15.6. The number of piperazine rings is 1. The Morgan fingerprint density at radius 2 is 1.14 bits per heavy atom. The van der Waals surface area contributed by atoms with Crippen LogP contribution in [0.25, 0.3) is 0 Å². The lowest BCUT2D eigenvalue weighted by molar-refractivity contribution is 0.653. The second-order valence-electron chi connectivity index (χ2n) is 6.06. The molecular formula is C19H24N2. The molecule has 21 heavy (non-hydrogen) atoms. The standard InChI is InChI=1S/C19H24N2/c1-16(2)17-8-10-19(11-9-17)21-14-12-20(13-15-21)18-6-4-3-5-7-18/h3-11,16H,12-15H2,1-2H3. The van der Waals surface area contributed by atoms with Crippen molar-refractivity contribution in [2.75, 3.05) is 36.0 Å². The van der Waals surface area contributed by atoms with Gasteiger partial charge in [0.05, 0.1) is 0 Å². The SMILES string of the molecule is CC(C)c1ccc(N2CCN(c3ccccc3)CC2)cc1. The topological polar surface area (TPSA) is 6.48 Å². The summed E-state index contributed by atoms with van der Waals surface area (Å²) in [6.45, 7) is 8.86. The molecule has 1 saturated heterocycles. The van der Waals surface area contributed by atoms with Crippen molar-refractivity contribution >= 4 is 11.4 Å². The van der Waals surface area contributed by atoms with Crippen LogP contribution in [0, 0.1) is 0 Å². The van der Waals surface area contributed by atoms with Crippen molar-refractivity contribution in [3.8, 4) is 0 Å².